The van der Waals surface area contributed by atoms with Gasteiger partial charge in [-0.05, 0) is 31.2 Å². The summed E-state index contributed by atoms with van der Waals surface area (Å²) in [5, 5.41) is 2.62. The van der Waals surface area contributed by atoms with Crippen LogP contribution in [-0.2, 0) is 19.1 Å². The van der Waals surface area contributed by atoms with Gasteiger partial charge < -0.3 is 19.7 Å². The molecule has 0 aromatic heterocycles. The van der Waals surface area contributed by atoms with Gasteiger partial charge in [-0.2, -0.15) is 0 Å². The number of piperazine rings is 1. The fourth-order valence-electron chi connectivity index (χ4n) is 2.42. The van der Waals surface area contributed by atoms with E-state index in [-0.39, 0.29) is 13.0 Å². The summed E-state index contributed by atoms with van der Waals surface area (Å²) < 4.78 is 23.0. The molecule has 0 spiro atoms. The van der Waals surface area contributed by atoms with Crippen LogP contribution in [0.4, 0.5) is 4.39 Å². The van der Waals surface area contributed by atoms with E-state index in [0.717, 1.165) is 0 Å². The van der Waals surface area contributed by atoms with Gasteiger partial charge in [0.15, 0.2) is 6.10 Å². The van der Waals surface area contributed by atoms with Gasteiger partial charge in [0.05, 0.1) is 13.5 Å². The second-order valence-electron chi connectivity index (χ2n) is 5.33. The molecular weight excluding hydrogens is 319 g/mol. The van der Waals surface area contributed by atoms with Crippen molar-refractivity contribution >= 4 is 17.8 Å². The van der Waals surface area contributed by atoms with Gasteiger partial charge in [-0.3, -0.25) is 14.4 Å². The van der Waals surface area contributed by atoms with E-state index in [2.05, 4.69) is 10.1 Å². The number of carbonyl (C=O) groups excluding carboxylic acids is 3. The number of nitrogens with one attached hydrogen (secondary N) is 1. The molecule has 0 aliphatic carbocycles. The zero-order valence-electron chi connectivity index (χ0n) is 13.5. The van der Waals surface area contributed by atoms with E-state index in [1.165, 1.54) is 43.2 Å². The third-order valence-corrected chi connectivity index (χ3v) is 3.68. The fourth-order valence-corrected chi connectivity index (χ4v) is 2.42. The standard InChI is InChI=1S/C16H19FN2O5/c1-10(24-12-5-3-11(17)4-6-12)16(22)19-8-7-18-15(21)13(19)9-14(20)23-2/h3-6,10,13H,7-9H2,1-2H3,(H,18,21)/t10-,13+/m1/s1. The quantitative estimate of drug-likeness (QED) is 0.790. The van der Waals surface area contributed by atoms with Gasteiger partial charge in [0.2, 0.25) is 5.91 Å². The molecule has 7 nitrogen and oxygen atoms in total. The molecule has 1 aliphatic heterocycles. The smallest absolute Gasteiger partial charge is 0.308 e. The number of ether oxygens (including phenoxy) is 2. The van der Waals surface area contributed by atoms with Crippen LogP contribution in [0, 0.1) is 5.82 Å². The van der Waals surface area contributed by atoms with Crippen molar-refractivity contribution in [1.29, 1.82) is 0 Å². The number of hydrogen-bond donors (Lipinski definition) is 1. The van der Waals surface area contributed by atoms with Crippen molar-refractivity contribution in [2.45, 2.75) is 25.5 Å². The van der Waals surface area contributed by atoms with Gasteiger partial charge in [0, 0.05) is 13.1 Å². The van der Waals surface area contributed by atoms with E-state index < -0.39 is 35.7 Å². The molecule has 1 aromatic carbocycles. The molecule has 1 N–H and O–H groups in total. The summed E-state index contributed by atoms with van der Waals surface area (Å²) in [6.45, 7) is 2.10. The minimum absolute atomic E-state index is 0.225. The molecule has 0 saturated carbocycles. The first-order valence-electron chi connectivity index (χ1n) is 7.49. The highest BCUT2D eigenvalue weighted by atomic mass is 19.1. The van der Waals surface area contributed by atoms with Crippen molar-refractivity contribution < 1.29 is 28.2 Å². The summed E-state index contributed by atoms with van der Waals surface area (Å²) in [4.78, 5) is 37.4. The van der Waals surface area contributed by atoms with Gasteiger partial charge in [0.25, 0.3) is 5.91 Å². The van der Waals surface area contributed by atoms with Crippen molar-refractivity contribution in [3.63, 3.8) is 0 Å². The average molecular weight is 338 g/mol. The SMILES string of the molecule is COC(=O)C[C@H]1C(=O)NCCN1C(=O)[C@@H](C)Oc1ccc(F)cc1. The van der Waals surface area contributed by atoms with Crippen LogP contribution in [0.25, 0.3) is 0 Å². The summed E-state index contributed by atoms with van der Waals surface area (Å²) in [6, 6.07) is 4.34. The van der Waals surface area contributed by atoms with Crippen molar-refractivity contribution in [2.24, 2.45) is 0 Å². The summed E-state index contributed by atoms with van der Waals surface area (Å²) in [6.07, 6.45) is -1.11. The van der Waals surface area contributed by atoms with E-state index >= 15 is 0 Å². The maximum atomic E-state index is 12.9. The molecule has 1 aliphatic rings. The lowest BCUT2D eigenvalue weighted by atomic mass is 10.1. The van der Waals surface area contributed by atoms with Crippen LogP contribution in [0.1, 0.15) is 13.3 Å². The first kappa shape index (κ1) is 17.7. The van der Waals surface area contributed by atoms with E-state index in [4.69, 9.17) is 4.74 Å². The Balaban J connectivity index is 2.07. The molecule has 130 valence electrons. The van der Waals surface area contributed by atoms with Gasteiger partial charge in [0.1, 0.15) is 17.6 Å². The number of halogens is 1. The fraction of sp³-hybridized carbons (Fsp3) is 0.438. The normalized spacial score (nSPS) is 18.5. The van der Waals surface area contributed by atoms with Crippen LogP contribution >= 0.6 is 0 Å². The monoisotopic (exact) mass is 338 g/mol. The number of carbonyl (C=O) groups is 3. The van der Waals surface area contributed by atoms with E-state index in [0.29, 0.717) is 12.3 Å². The summed E-state index contributed by atoms with van der Waals surface area (Å²) >= 11 is 0. The number of hydrogen-bond acceptors (Lipinski definition) is 5. The first-order valence-corrected chi connectivity index (χ1v) is 7.49. The maximum absolute atomic E-state index is 12.9. The molecule has 1 heterocycles. The van der Waals surface area contributed by atoms with Crippen LogP contribution in [0.2, 0.25) is 0 Å². The Kier molecular flexibility index (Phi) is 5.73. The van der Waals surface area contributed by atoms with Crippen LogP contribution in [-0.4, -0.2) is 55.0 Å². The molecule has 8 heteroatoms. The first-order chi connectivity index (χ1) is 11.4. The number of nitrogens with zero attached hydrogens (tertiary/aromatic N) is 1. The molecule has 0 radical (unpaired) electrons. The summed E-state index contributed by atoms with van der Waals surface area (Å²) in [5.41, 5.74) is 0. The Labute approximate surface area is 138 Å². The highest BCUT2D eigenvalue weighted by Crippen LogP contribution is 2.17. The number of amides is 2. The Hall–Kier alpha value is -2.64. The molecule has 1 saturated heterocycles. The van der Waals surface area contributed by atoms with Crippen molar-refractivity contribution in [2.75, 3.05) is 20.2 Å². The van der Waals surface area contributed by atoms with E-state index in [1.54, 1.807) is 0 Å². The Morgan fingerprint density at radius 3 is 2.67 bits per heavy atom. The van der Waals surface area contributed by atoms with Crippen molar-refractivity contribution in [3.05, 3.63) is 30.1 Å². The Bertz CT molecular complexity index is 619. The van der Waals surface area contributed by atoms with Gasteiger partial charge in [-0.25, -0.2) is 4.39 Å². The number of esters is 1. The average Bonchev–Trinajstić information content (AvgIpc) is 2.57. The summed E-state index contributed by atoms with van der Waals surface area (Å²) in [7, 11) is 1.22. The Morgan fingerprint density at radius 1 is 1.38 bits per heavy atom. The predicted octanol–water partition coefficient (Wildman–Crippen LogP) is 0.483. The molecule has 1 aromatic rings. The molecule has 0 bridgehead atoms. The third kappa shape index (κ3) is 4.21. The lowest BCUT2D eigenvalue weighted by Gasteiger charge is -2.35. The second kappa shape index (κ2) is 7.76. The zero-order chi connectivity index (χ0) is 17.7. The predicted molar refractivity (Wildman–Crippen MR) is 81.6 cm³/mol. The molecule has 2 atom stereocenters. The topological polar surface area (TPSA) is 84.9 Å². The molecule has 2 amide bonds. The van der Waals surface area contributed by atoms with Gasteiger partial charge >= 0.3 is 5.97 Å². The zero-order valence-corrected chi connectivity index (χ0v) is 13.5. The van der Waals surface area contributed by atoms with Crippen LogP contribution in [0.3, 0.4) is 0 Å². The molecular formula is C16H19FN2O5. The lowest BCUT2D eigenvalue weighted by Crippen LogP contribution is -2.60. The largest absolute Gasteiger partial charge is 0.481 e. The lowest BCUT2D eigenvalue weighted by molar-refractivity contribution is -0.153. The van der Waals surface area contributed by atoms with Crippen molar-refractivity contribution in [1.82, 2.24) is 10.2 Å². The van der Waals surface area contributed by atoms with E-state index in [9.17, 15) is 18.8 Å². The number of rotatable bonds is 5. The van der Waals surface area contributed by atoms with Crippen LogP contribution in [0.5, 0.6) is 5.75 Å². The highest BCUT2D eigenvalue weighted by Gasteiger charge is 2.37. The van der Waals surface area contributed by atoms with Gasteiger partial charge in [-0.15, -0.1) is 0 Å². The highest BCUT2D eigenvalue weighted by molar-refractivity contribution is 5.93. The van der Waals surface area contributed by atoms with Gasteiger partial charge in [-0.1, -0.05) is 0 Å². The Morgan fingerprint density at radius 2 is 2.04 bits per heavy atom. The third-order valence-electron chi connectivity index (χ3n) is 3.68. The molecule has 2 rings (SSSR count). The van der Waals surface area contributed by atoms with Crippen molar-refractivity contribution in [3.8, 4) is 5.75 Å². The van der Waals surface area contributed by atoms with E-state index in [1.807, 2.05) is 0 Å². The maximum Gasteiger partial charge on any atom is 0.308 e. The minimum Gasteiger partial charge on any atom is -0.481 e. The molecule has 1 fully saturated rings. The summed E-state index contributed by atoms with van der Waals surface area (Å²) in [5.74, 6) is -1.49. The van der Waals surface area contributed by atoms with Crippen LogP contribution < -0.4 is 10.1 Å². The second-order valence-corrected chi connectivity index (χ2v) is 5.33. The number of benzene rings is 1. The number of methoxy groups -OCH3 is 1. The molecule has 24 heavy (non-hydrogen) atoms. The van der Waals surface area contributed by atoms with Crippen LogP contribution in [0.15, 0.2) is 24.3 Å². The molecule has 0 unspecified atom stereocenters. The minimum atomic E-state index is -0.932.